The van der Waals surface area contributed by atoms with Gasteiger partial charge in [0.1, 0.15) is 6.61 Å². The first kappa shape index (κ1) is 54.8. The highest BCUT2D eigenvalue weighted by Crippen LogP contribution is 2.36. The van der Waals surface area contributed by atoms with Gasteiger partial charge < -0.3 is 19.3 Å². The van der Waals surface area contributed by atoms with Crippen molar-refractivity contribution in [2.75, 3.05) is 13.2 Å². The topological polar surface area (TPSA) is 119 Å². The third-order valence-corrected chi connectivity index (χ3v) is 11.3. The van der Waals surface area contributed by atoms with Crippen LogP contribution in [0.3, 0.4) is 0 Å². The summed E-state index contributed by atoms with van der Waals surface area (Å²) in [4.78, 5) is 43.0. The molecular weight excluding hydrogens is 723 g/mol. The van der Waals surface area contributed by atoms with Gasteiger partial charge in [0.2, 0.25) is 0 Å². The van der Waals surface area contributed by atoms with Crippen molar-refractivity contribution in [3.63, 3.8) is 0 Å². The van der Waals surface area contributed by atoms with Gasteiger partial charge in [-0.25, -0.2) is 4.57 Å². The number of carbonyl (C=O) groups is 2. The molecule has 0 amide bonds. The van der Waals surface area contributed by atoms with E-state index in [1.54, 1.807) is 0 Å². The van der Waals surface area contributed by atoms with E-state index in [0.717, 1.165) is 44.9 Å². The van der Waals surface area contributed by atoms with Crippen molar-refractivity contribution >= 4 is 19.8 Å². The second-order valence-electron chi connectivity index (χ2n) is 16.4. The van der Waals surface area contributed by atoms with Gasteiger partial charge in [-0.1, -0.05) is 219 Å². The number of allylic oxidation sites excluding steroid dienone is 2. The van der Waals surface area contributed by atoms with Crippen LogP contribution in [0.2, 0.25) is 0 Å². The molecule has 0 rings (SSSR count). The minimum Gasteiger partial charge on any atom is -0.462 e. The second kappa shape index (κ2) is 43.4. The number of hydrogen-bond donors (Lipinski definition) is 2. The first-order valence-electron chi connectivity index (χ1n) is 24.0. The number of esters is 2. The van der Waals surface area contributed by atoms with Gasteiger partial charge in [0.15, 0.2) is 6.10 Å². The zero-order valence-electron chi connectivity index (χ0n) is 36.8. The third kappa shape index (κ3) is 45.5. The molecule has 0 saturated heterocycles. The van der Waals surface area contributed by atoms with E-state index in [2.05, 4.69) is 30.5 Å². The molecule has 0 radical (unpaired) electrons. The third-order valence-electron chi connectivity index (χ3n) is 10.8. The van der Waals surface area contributed by atoms with Crippen molar-refractivity contribution in [1.82, 2.24) is 0 Å². The molecule has 9 heteroatoms. The lowest BCUT2D eigenvalue weighted by atomic mass is 10.0. The summed E-state index contributed by atoms with van der Waals surface area (Å²) in [7, 11) is -4.75. The SMILES string of the molecule is CCCCCCCCCC/C=C\CCCCCCCCCC(=O)O[C@H](COC(=O)CCCCCCCCCCCCCCCCCCCCC)COP(=O)(O)O. The van der Waals surface area contributed by atoms with E-state index in [1.165, 1.54) is 180 Å². The number of carbonyl (C=O) groups excluding carboxylic acids is 2. The molecule has 0 fully saturated rings. The number of unbranched alkanes of at least 4 members (excludes halogenated alkanes) is 33. The van der Waals surface area contributed by atoms with Crippen molar-refractivity contribution in [1.29, 1.82) is 0 Å². The fraction of sp³-hybridized carbons (Fsp3) is 0.915. The molecule has 56 heavy (non-hydrogen) atoms. The first-order chi connectivity index (χ1) is 27.3. The number of phosphoric ester groups is 1. The maximum absolute atomic E-state index is 12.4. The van der Waals surface area contributed by atoms with E-state index >= 15 is 0 Å². The molecule has 0 aromatic rings. The monoisotopic (exact) mass is 815 g/mol. The quantitative estimate of drug-likeness (QED) is 0.0270. The largest absolute Gasteiger partial charge is 0.469 e. The van der Waals surface area contributed by atoms with Gasteiger partial charge in [-0.15, -0.1) is 0 Å². The van der Waals surface area contributed by atoms with E-state index in [4.69, 9.17) is 19.3 Å². The summed E-state index contributed by atoms with van der Waals surface area (Å²) in [5.41, 5.74) is 0. The molecule has 0 saturated carbocycles. The molecule has 0 aliphatic heterocycles. The minimum atomic E-state index is -4.75. The first-order valence-corrected chi connectivity index (χ1v) is 25.5. The Morgan fingerprint density at radius 2 is 0.750 bits per heavy atom. The molecule has 0 aliphatic rings. The number of rotatable bonds is 45. The summed E-state index contributed by atoms with van der Waals surface area (Å²) in [5.74, 6) is -0.873. The Morgan fingerprint density at radius 3 is 1.09 bits per heavy atom. The zero-order chi connectivity index (χ0) is 41.1. The normalized spacial score (nSPS) is 12.4. The standard InChI is InChI=1S/C47H91O8P/c1-3-5-7-9-11-13-15-17-19-21-23-25-27-29-31-33-35-37-39-41-46(48)53-43-45(44-54-56(50,51)52)55-47(49)42-40-38-36-34-32-30-28-26-24-22-20-18-16-14-12-10-8-6-4-2/h22,24,45H,3-21,23,25-44H2,1-2H3,(H2,50,51,52)/b24-22-/t45-/m1/s1. The molecular formula is C47H91O8P. The van der Waals surface area contributed by atoms with E-state index in [0.29, 0.717) is 6.42 Å². The molecule has 0 aromatic heterocycles. The van der Waals surface area contributed by atoms with Crippen LogP contribution in [0.5, 0.6) is 0 Å². The van der Waals surface area contributed by atoms with Crippen molar-refractivity contribution in [2.24, 2.45) is 0 Å². The van der Waals surface area contributed by atoms with Gasteiger partial charge in [0, 0.05) is 12.8 Å². The number of ether oxygens (including phenoxy) is 2. The molecule has 0 heterocycles. The maximum atomic E-state index is 12.4. The van der Waals surface area contributed by atoms with Gasteiger partial charge in [-0.2, -0.15) is 0 Å². The molecule has 2 N–H and O–H groups in total. The summed E-state index contributed by atoms with van der Waals surface area (Å²) >= 11 is 0. The van der Waals surface area contributed by atoms with Crippen LogP contribution in [0, 0.1) is 0 Å². The average molecular weight is 815 g/mol. The van der Waals surface area contributed by atoms with E-state index in [-0.39, 0.29) is 19.4 Å². The van der Waals surface area contributed by atoms with Crippen molar-refractivity contribution in [2.45, 2.75) is 264 Å². The Balaban J connectivity index is 3.82. The lowest BCUT2D eigenvalue weighted by Gasteiger charge is -2.18. The Morgan fingerprint density at radius 1 is 0.446 bits per heavy atom. The number of hydrogen-bond acceptors (Lipinski definition) is 6. The Labute approximate surface area is 346 Å². The molecule has 0 bridgehead atoms. The highest BCUT2D eigenvalue weighted by atomic mass is 31.2. The van der Waals surface area contributed by atoms with Crippen LogP contribution in [-0.2, 0) is 28.2 Å². The summed E-state index contributed by atoms with van der Waals surface area (Å²) in [6.45, 7) is 3.73. The van der Waals surface area contributed by atoms with E-state index in [1.807, 2.05) is 0 Å². The van der Waals surface area contributed by atoms with Gasteiger partial charge in [-0.3, -0.25) is 14.1 Å². The Kier molecular flexibility index (Phi) is 42.4. The minimum absolute atomic E-state index is 0.212. The van der Waals surface area contributed by atoms with Crippen molar-refractivity contribution in [3.8, 4) is 0 Å². The van der Waals surface area contributed by atoms with Crippen LogP contribution in [0.25, 0.3) is 0 Å². The van der Waals surface area contributed by atoms with Gasteiger partial charge in [-0.05, 0) is 38.5 Å². The van der Waals surface area contributed by atoms with Gasteiger partial charge in [0.05, 0.1) is 6.61 Å². The van der Waals surface area contributed by atoms with Crippen LogP contribution < -0.4 is 0 Å². The van der Waals surface area contributed by atoms with Crippen molar-refractivity contribution in [3.05, 3.63) is 12.2 Å². The molecule has 1 atom stereocenters. The van der Waals surface area contributed by atoms with Crippen LogP contribution in [0.1, 0.15) is 258 Å². The summed E-state index contributed by atoms with van der Waals surface area (Å²) in [6, 6.07) is 0. The highest BCUT2D eigenvalue weighted by Gasteiger charge is 2.23. The second-order valence-corrected chi connectivity index (χ2v) is 17.7. The predicted octanol–water partition coefficient (Wildman–Crippen LogP) is 15.0. The molecule has 0 aliphatic carbocycles. The van der Waals surface area contributed by atoms with Crippen molar-refractivity contribution < 1.29 is 37.9 Å². The molecule has 0 aromatic carbocycles. The number of phosphoric acid groups is 1. The van der Waals surface area contributed by atoms with Crippen LogP contribution in [0.4, 0.5) is 0 Å². The zero-order valence-corrected chi connectivity index (χ0v) is 37.7. The van der Waals surface area contributed by atoms with E-state index < -0.39 is 32.5 Å². The fourth-order valence-corrected chi connectivity index (χ4v) is 7.55. The maximum Gasteiger partial charge on any atom is 0.469 e. The lowest BCUT2D eigenvalue weighted by Crippen LogP contribution is -2.29. The Hall–Kier alpha value is -1.21. The summed E-state index contributed by atoms with van der Waals surface area (Å²) < 4.78 is 26.5. The Bertz CT molecular complexity index is 920. The smallest absolute Gasteiger partial charge is 0.462 e. The molecule has 8 nitrogen and oxygen atoms in total. The molecule has 0 unspecified atom stereocenters. The predicted molar refractivity (Wildman–Crippen MR) is 235 cm³/mol. The van der Waals surface area contributed by atoms with Gasteiger partial charge in [0.25, 0.3) is 0 Å². The lowest BCUT2D eigenvalue weighted by molar-refractivity contribution is -0.161. The molecule has 332 valence electrons. The molecule has 0 spiro atoms. The summed E-state index contributed by atoms with van der Waals surface area (Å²) in [6.07, 6.45) is 49.4. The highest BCUT2D eigenvalue weighted by molar-refractivity contribution is 7.46. The van der Waals surface area contributed by atoms with Crippen LogP contribution in [0.15, 0.2) is 12.2 Å². The summed E-state index contributed by atoms with van der Waals surface area (Å²) in [5, 5.41) is 0. The fourth-order valence-electron chi connectivity index (χ4n) is 7.19. The van der Waals surface area contributed by atoms with Crippen LogP contribution >= 0.6 is 7.82 Å². The average Bonchev–Trinajstić information content (AvgIpc) is 3.17. The van der Waals surface area contributed by atoms with E-state index in [9.17, 15) is 14.2 Å². The van der Waals surface area contributed by atoms with Gasteiger partial charge >= 0.3 is 19.8 Å². The van der Waals surface area contributed by atoms with Crippen LogP contribution in [-0.4, -0.2) is 41.0 Å².